The van der Waals surface area contributed by atoms with Crippen LogP contribution in [0.5, 0.6) is 5.75 Å². The Morgan fingerprint density at radius 1 is 1.10 bits per heavy atom. The van der Waals surface area contributed by atoms with E-state index in [-0.39, 0.29) is 0 Å². The molecule has 5 heteroatoms. The molecule has 3 heterocycles. The van der Waals surface area contributed by atoms with E-state index in [1.54, 1.807) is 0 Å². The fourth-order valence-electron chi connectivity index (χ4n) is 3.96. The number of ether oxygens (including phenoxy) is 1. The van der Waals surface area contributed by atoms with Gasteiger partial charge in [-0.05, 0) is 70.6 Å². The first-order valence-electron chi connectivity index (χ1n) is 10.5. The van der Waals surface area contributed by atoms with E-state index in [1.165, 1.54) is 16.4 Å². The van der Waals surface area contributed by atoms with Crippen LogP contribution < -0.4 is 26.0 Å². The molecule has 3 aromatic rings. The smallest absolute Gasteiger partial charge is 0.144 e. The van der Waals surface area contributed by atoms with Crippen LogP contribution in [0.1, 0.15) is 30.3 Å². The minimum Gasteiger partial charge on any atom is -0.492 e. The van der Waals surface area contributed by atoms with Crippen molar-refractivity contribution in [3.05, 3.63) is 74.6 Å². The molecule has 0 radical (unpaired) electrons. The van der Waals surface area contributed by atoms with Crippen LogP contribution in [0.15, 0.2) is 41.4 Å². The summed E-state index contributed by atoms with van der Waals surface area (Å²) in [7, 11) is 4.21. The molecule has 0 fully saturated rings. The Kier molecular flexibility index (Phi) is 5.64. The average molecular weight is 403 g/mol. The molecule has 0 spiro atoms. The molecule has 2 N–H and O–H groups in total. The zero-order valence-electron chi connectivity index (χ0n) is 18.5. The van der Waals surface area contributed by atoms with Gasteiger partial charge >= 0.3 is 0 Å². The number of H-pyrrole nitrogens is 2. The lowest BCUT2D eigenvalue weighted by Gasteiger charge is -2.10. The van der Waals surface area contributed by atoms with E-state index in [2.05, 4.69) is 79.2 Å². The normalized spacial score (nSPS) is 15.7. The predicted octanol–water partition coefficient (Wildman–Crippen LogP) is 1.73. The lowest BCUT2D eigenvalue weighted by Crippen LogP contribution is -2.23. The van der Waals surface area contributed by atoms with Crippen molar-refractivity contribution in [3.63, 3.8) is 0 Å². The summed E-state index contributed by atoms with van der Waals surface area (Å²) in [4.78, 5) is 14.2. The highest BCUT2D eigenvalue weighted by molar-refractivity contribution is 5.89. The SMILES string of the molecule is CCOc1c/c(=C2/N=c3ccccc3=C2CCN(C)C)[nH]/c1=C\c1[nH]c(C)cc1C. The van der Waals surface area contributed by atoms with Gasteiger partial charge in [0.2, 0.25) is 0 Å². The minimum atomic E-state index is 0.616. The number of nitrogens with one attached hydrogen (secondary N) is 2. The summed E-state index contributed by atoms with van der Waals surface area (Å²) >= 11 is 0. The monoisotopic (exact) mass is 402 g/mol. The van der Waals surface area contributed by atoms with Gasteiger partial charge in [0.05, 0.1) is 28.4 Å². The lowest BCUT2D eigenvalue weighted by molar-refractivity contribution is 0.338. The molecule has 0 saturated heterocycles. The van der Waals surface area contributed by atoms with Gasteiger partial charge in [-0.15, -0.1) is 0 Å². The molecule has 2 aromatic heterocycles. The fourth-order valence-corrected chi connectivity index (χ4v) is 3.96. The van der Waals surface area contributed by atoms with Crippen molar-refractivity contribution >= 4 is 17.3 Å². The molecule has 4 rings (SSSR count). The zero-order valence-corrected chi connectivity index (χ0v) is 18.5. The number of aryl methyl sites for hydroxylation is 2. The number of para-hydroxylation sites is 1. The quantitative estimate of drug-likeness (QED) is 0.660. The van der Waals surface area contributed by atoms with Crippen molar-refractivity contribution in [3.8, 4) is 5.75 Å². The standard InChI is InChI=1S/C25H30N4O/c1-6-30-24-15-23(27-22(24)14-21-16(2)13-17(3)26-21)25-19(11-12-29(4)5)18-9-7-8-10-20(18)28-25/h7-10,13-15,26-27H,6,11-12H2,1-5H3/b22-14-,25-23-. The van der Waals surface area contributed by atoms with Gasteiger partial charge < -0.3 is 19.6 Å². The third-order valence-electron chi connectivity index (χ3n) is 5.40. The third kappa shape index (κ3) is 3.98. The van der Waals surface area contributed by atoms with E-state index >= 15 is 0 Å². The Hall–Kier alpha value is -3.05. The average Bonchev–Trinajstić information content (AvgIpc) is 3.36. The molecule has 0 amide bonds. The first-order valence-corrected chi connectivity index (χ1v) is 10.5. The van der Waals surface area contributed by atoms with Crippen LogP contribution in [0.2, 0.25) is 0 Å². The van der Waals surface area contributed by atoms with Gasteiger partial charge in [-0.3, -0.25) is 0 Å². The van der Waals surface area contributed by atoms with Crippen molar-refractivity contribution in [2.45, 2.75) is 27.2 Å². The Morgan fingerprint density at radius 2 is 1.90 bits per heavy atom. The van der Waals surface area contributed by atoms with Crippen LogP contribution in [0, 0.1) is 13.8 Å². The fraction of sp³-hybridized carbons (Fsp3) is 0.320. The number of rotatable bonds is 6. The molecule has 1 aliphatic rings. The topological polar surface area (TPSA) is 56.4 Å². The number of aromatic nitrogens is 2. The Labute approximate surface area is 177 Å². The lowest BCUT2D eigenvalue weighted by atomic mass is 10.1. The summed E-state index contributed by atoms with van der Waals surface area (Å²) in [6.45, 7) is 7.79. The van der Waals surface area contributed by atoms with Crippen LogP contribution >= 0.6 is 0 Å². The Morgan fingerprint density at radius 3 is 2.60 bits per heavy atom. The summed E-state index contributed by atoms with van der Waals surface area (Å²) in [5.41, 5.74) is 5.75. The van der Waals surface area contributed by atoms with E-state index < -0.39 is 0 Å². The summed E-state index contributed by atoms with van der Waals surface area (Å²) in [6.07, 6.45) is 3.07. The van der Waals surface area contributed by atoms with Crippen LogP contribution in [-0.4, -0.2) is 42.1 Å². The van der Waals surface area contributed by atoms with Gasteiger partial charge in [-0.1, -0.05) is 18.2 Å². The van der Waals surface area contributed by atoms with Gasteiger partial charge in [0.1, 0.15) is 5.75 Å². The van der Waals surface area contributed by atoms with Crippen molar-refractivity contribution in [2.75, 3.05) is 27.2 Å². The van der Waals surface area contributed by atoms with E-state index in [1.807, 2.05) is 13.0 Å². The van der Waals surface area contributed by atoms with Crippen LogP contribution in [0.4, 0.5) is 0 Å². The third-order valence-corrected chi connectivity index (χ3v) is 5.40. The molecule has 156 valence electrons. The summed E-state index contributed by atoms with van der Waals surface area (Å²) in [5, 5.41) is 4.22. The second kappa shape index (κ2) is 8.36. The molecule has 0 unspecified atom stereocenters. The summed E-state index contributed by atoms with van der Waals surface area (Å²) < 4.78 is 5.96. The Balaban J connectivity index is 1.92. The van der Waals surface area contributed by atoms with Gasteiger partial charge in [-0.25, -0.2) is 4.99 Å². The maximum atomic E-state index is 5.96. The van der Waals surface area contributed by atoms with Crippen LogP contribution in [-0.2, 0) is 0 Å². The van der Waals surface area contributed by atoms with E-state index in [9.17, 15) is 0 Å². The van der Waals surface area contributed by atoms with E-state index in [0.717, 1.165) is 51.9 Å². The molecule has 0 bridgehead atoms. The molecular formula is C25H30N4O. The first-order chi connectivity index (χ1) is 14.5. The van der Waals surface area contributed by atoms with Crippen molar-refractivity contribution in [1.82, 2.24) is 14.9 Å². The number of nitrogens with zero attached hydrogens (tertiary/aromatic N) is 2. The number of benzene rings is 1. The first kappa shape index (κ1) is 20.2. The summed E-state index contributed by atoms with van der Waals surface area (Å²) in [5.74, 6) is 0.852. The molecule has 1 aromatic carbocycles. The van der Waals surface area contributed by atoms with Crippen molar-refractivity contribution in [2.24, 2.45) is 4.99 Å². The van der Waals surface area contributed by atoms with Gasteiger partial charge in [0.25, 0.3) is 0 Å². The minimum absolute atomic E-state index is 0.616. The highest BCUT2D eigenvalue weighted by Crippen LogP contribution is 2.18. The van der Waals surface area contributed by atoms with Crippen molar-refractivity contribution < 1.29 is 4.74 Å². The number of fused-ring (bicyclic) bond motifs is 1. The Bertz CT molecular complexity index is 1310. The maximum absolute atomic E-state index is 5.96. The largest absolute Gasteiger partial charge is 0.492 e. The zero-order chi connectivity index (χ0) is 21.3. The second-order valence-corrected chi connectivity index (χ2v) is 8.10. The summed E-state index contributed by atoms with van der Waals surface area (Å²) in [6, 6.07) is 12.6. The van der Waals surface area contributed by atoms with Crippen LogP contribution in [0.3, 0.4) is 0 Å². The van der Waals surface area contributed by atoms with E-state index in [4.69, 9.17) is 9.73 Å². The van der Waals surface area contributed by atoms with Gasteiger partial charge in [0.15, 0.2) is 0 Å². The maximum Gasteiger partial charge on any atom is 0.144 e. The molecule has 0 saturated carbocycles. The van der Waals surface area contributed by atoms with Crippen LogP contribution in [0.25, 0.3) is 17.3 Å². The second-order valence-electron chi connectivity index (χ2n) is 8.10. The predicted molar refractivity (Wildman–Crippen MR) is 122 cm³/mol. The number of hydrogen-bond donors (Lipinski definition) is 2. The van der Waals surface area contributed by atoms with Gasteiger partial charge in [0, 0.05) is 29.2 Å². The molecule has 30 heavy (non-hydrogen) atoms. The van der Waals surface area contributed by atoms with Crippen molar-refractivity contribution in [1.29, 1.82) is 0 Å². The highest BCUT2D eigenvalue weighted by Gasteiger charge is 2.15. The number of hydrogen-bond acceptors (Lipinski definition) is 3. The van der Waals surface area contributed by atoms with Gasteiger partial charge in [-0.2, -0.15) is 0 Å². The molecule has 1 aliphatic heterocycles. The molecule has 5 nitrogen and oxygen atoms in total. The number of aromatic amines is 2. The highest BCUT2D eigenvalue weighted by atomic mass is 16.5. The molecule has 0 atom stereocenters. The van der Waals surface area contributed by atoms with E-state index in [0.29, 0.717) is 6.61 Å². The molecular weight excluding hydrogens is 372 g/mol. The molecule has 0 aliphatic carbocycles.